The van der Waals surface area contributed by atoms with Gasteiger partial charge in [-0.2, -0.15) is 0 Å². The minimum absolute atomic E-state index is 0.0339. The van der Waals surface area contributed by atoms with Gasteiger partial charge in [-0.15, -0.1) is 0 Å². The summed E-state index contributed by atoms with van der Waals surface area (Å²) in [5.41, 5.74) is 1.03. The number of anilines is 1. The van der Waals surface area contributed by atoms with Gasteiger partial charge in [0.15, 0.2) is 0 Å². The molecular weight excluding hydrogens is 327 g/mol. The number of carbonyl (C=O) groups excluding carboxylic acids is 1. The Morgan fingerprint density at radius 1 is 1.32 bits per heavy atom. The van der Waals surface area contributed by atoms with Crippen LogP contribution in [0.5, 0.6) is 5.75 Å². The number of halogens is 2. The number of rotatable bonds is 4. The van der Waals surface area contributed by atoms with E-state index in [2.05, 4.69) is 5.32 Å². The largest absolute Gasteiger partial charge is 0.495 e. The van der Waals surface area contributed by atoms with Gasteiger partial charge < -0.3 is 14.6 Å². The predicted molar refractivity (Wildman–Crippen MR) is 87.1 cm³/mol. The highest BCUT2D eigenvalue weighted by molar-refractivity contribution is 6.34. The number of methoxy groups -OCH3 is 1. The van der Waals surface area contributed by atoms with E-state index >= 15 is 0 Å². The van der Waals surface area contributed by atoms with Crippen LogP contribution < -0.4 is 15.6 Å². The Labute approximate surface area is 137 Å². The van der Waals surface area contributed by atoms with Crippen LogP contribution in [0.25, 0.3) is 0 Å². The van der Waals surface area contributed by atoms with Crippen molar-refractivity contribution < 1.29 is 9.53 Å². The fraction of sp³-hybridized carbons (Fsp3) is 0.200. The summed E-state index contributed by atoms with van der Waals surface area (Å²) in [7, 11) is 1.52. The number of aryl methyl sites for hydroxylation is 1. The van der Waals surface area contributed by atoms with Crippen molar-refractivity contribution in [3.63, 3.8) is 0 Å². The molecule has 1 aromatic heterocycles. The zero-order valence-corrected chi connectivity index (χ0v) is 13.5. The first-order valence-electron chi connectivity index (χ1n) is 6.40. The Morgan fingerprint density at radius 2 is 2.05 bits per heavy atom. The van der Waals surface area contributed by atoms with E-state index in [4.69, 9.17) is 27.9 Å². The number of nitrogens with zero attached hydrogens (tertiary/aromatic N) is 1. The van der Waals surface area contributed by atoms with Gasteiger partial charge in [-0.3, -0.25) is 9.59 Å². The number of amides is 1. The Morgan fingerprint density at radius 3 is 2.73 bits per heavy atom. The molecule has 1 amide bonds. The lowest BCUT2D eigenvalue weighted by Crippen LogP contribution is -2.27. The first kappa shape index (κ1) is 16.4. The van der Waals surface area contributed by atoms with Gasteiger partial charge in [0.1, 0.15) is 17.3 Å². The van der Waals surface area contributed by atoms with Crippen LogP contribution in [0.2, 0.25) is 10.0 Å². The van der Waals surface area contributed by atoms with Crippen LogP contribution >= 0.6 is 23.2 Å². The molecule has 5 nitrogen and oxygen atoms in total. The molecule has 0 aliphatic carbocycles. The summed E-state index contributed by atoms with van der Waals surface area (Å²) in [5.74, 6) is 0.153. The van der Waals surface area contributed by atoms with Gasteiger partial charge in [-0.1, -0.05) is 29.3 Å². The van der Waals surface area contributed by atoms with Crippen LogP contribution in [0.4, 0.5) is 5.69 Å². The number of benzene rings is 1. The lowest BCUT2D eigenvalue weighted by molar-refractivity contribution is -0.116. The molecule has 0 radical (unpaired) electrons. The molecule has 0 aliphatic heterocycles. The molecule has 0 atom stereocenters. The molecular formula is C15H14Cl2N2O3. The second-order valence-corrected chi connectivity index (χ2v) is 5.53. The predicted octanol–water partition coefficient (Wildman–Crippen LogP) is 3.11. The van der Waals surface area contributed by atoms with Crippen LogP contribution in [0, 0.1) is 6.92 Å². The third kappa shape index (κ3) is 3.81. The van der Waals surface area contributed by atoms with E-state index < -0.39 is 5.56 Å². The van der Waals surface area contributed by atoms with Crippen molar-refractivity contribution >= 4 is 34.8 Å². The molecule has 1 heterocycles. The molecule has 116 valence electrons. The third-order valence-corrected chi connectivity index (χ3v) is 3.43. The molecule has 0 saturated heterocycles. The Hall–Kier alpha value is -1.98. The minimum atomic E-state index is -0.475. The van der Waals surface area contributed by atoms with E-state index in [0.29, 0.717) is 11.4 Å². The maximum Gasteiger partial charge on any atom is 0.269 e. The van der Waals surface area contributed by atoms with Crippen LogP contribution in [0.1, 0.15) is 5.56 Å². The third-order valence-electron chi connectivity index (χ3n) is 2.95. The average Bonchev–Trinajstić information content (AvgIpc) is 2.44. The molecule has 2 rings (SSSR count). The van der Waals surface area contributed by atoms with E-state index in [1.807, 2.05) is 13.0 Å². The van der Waals surface area contributed by atoms with Gasteiger partial charge in [-0.25, -0.2) is 0 Å². The van der Waals surface area contributed by atoms with Gasteiger partial charge >= 0.3 is 0 Å². The fourth-order valence-electron chi connectivity index (χ4n) is 1.95. The maximum absolute atomic E-state index is 12.1. The summed E-state index contributed by atoms with van der Waals surface area (Å²) in [6.07, 6.45) is 1.36. The number of ether oxygens (including phenoxy) is 1. The summed E-state index contributed by atoms with van der Waals surface area (Å²) >= 11 is 11.6. The van der Waals surface area contributed by atoms with E-state index in [9.17, 15) is 9.59 Å². The summed E-state index contributed by atoms with van der Waals surface area (Å²) in [4.78, 5) is 24.0. The summed E-state index contributed by atoms with van der Waals surface area (Å²) in [5, 5.41) is 2.96. The molecule has 1 N–H and O–H groups in total. The van der Waals surface area contributed by atoms with Crippen molar-refractivity contribution in [3.05, 3.63) is 56.4 Å². The molecule has 1 aromatic carbocycles. The molecule has 22 heavy (non-hydrogen) atoms. The molecule has 0 bridgehead atoms. The fourth-order valence-corrected chi connectivity index (χ4v) is 2.46. The van der Waals surface area contributed by atoms with E-state index in [1.165, 1.54) is 19.4 Å². The highest BCUT2D eigenvalue weighted by atomic mass is 35.5. The number of hydrogen-bond acceptors (Lipinski definition) is 3. The van der Waals surface area contributed by atoms with Gasteiger partial charge in [-0.05, 0) is 30.7 Å². The van der Waals surface area contributed by atoms with E-state index in [1.54, 1.807) is 12.1 Å². The van der Waals surface area contributed by atoms with Crippen molar-refractivity contribution in [2.45, 2.75) is 13.5 Å². The smallest absolute Gasteiger partial charge is 0.269 e. The monoisotopic (exact) mass is 340 g/mol. The highest BCUT2D eigenvalue weighted by Gasteiger charge is 2.11. The van der Waals surface area contributed by atoms with Gasteiger partial charge in [0, 0.05) is 6.20 Å². The van der Waals surface area contributed by atoms with Crippen LogP contribution in [0.15, 0.2) is 35.3 Å². The van der Waals surface area contributed by atoms with Crippen LogP contribution in [0.3, 0.4) is 0 Å². The number of carbonyl (C=O) groups is 1. The van der Waals surface area contributed by atoms with E-state index in [0.717, 1.165) is 10.1 Å². The van der Waals surface area contributed by atoms with Crippen molar-refractivity contribution in [1.82, 2.24) is 4.57 Å². The molecule has 0 aliphatic rings. The molecule has 0 spiro atoms. The topological polar surface area (TPSA) is 60.3 Å². The maximum atomic E-state index is 12.1. The molecule has 0 fully saturated rings. The Balaban J connectivity index is 2.21. The zero-order chi connectivity index (χ0) is 16.3. The van der Waals surface area contributed by atoms with Crippen molar-refractivity contribution in [3.8, 4) is 5.75 Å². The second-order valence-electron chi connectivity index (χ2n) is 4.69. The highest BCUT2D eigenvalue weighted by Crippen LogP contribution is 2.25. The Kier molecular flexibility index (Phi) is 5.11. The van der Waals surface area contributed by atoms with Crippen molar-refractivity contribution in [2.75, 3.05) is 12.4 Å². The molecule has 2 aromatic rings. The summed E-state index contributed by atoms with van der Waals surface area (Å²) < 4.78 is 6.34. The standard InChI is InChI=1S/C15H14Cl2N2O3/c1-9-3-4-13(22-2)12(5-9)18-14(20)8-19-7-10(16)6-11(17)15(19)21/h3-7H,8H2,1-2H3,(H,18,20). The first-order chi connectivity index (χ1) is 10.4. The normalized spacial score (nSPS) is 10.4. The average molecular weight is 341 g/mol. The lowest BCUT2D eigenvalue weighted by atomic mass is 10.2. The minimum Gasteiger partial charge on any atom is -0.495 e. The number of hydrogen-bond donors (Lipinski definition) is 1. The first-order valence-corrected chi connectivity index (χ1v) is 7.16. The summed E-state index contributed by atoms with van der Waals surface area (Å²) in [6.45, 7) is 1.70. The number of pyridine rings is 1. The second kappa shape index (κ2) is 6.85. The van der Waals surface area contributed by atoms with Gasteiger partial charge in [0.25, 0.3) is 5.56 Å². The molecule has 0 unspecified atom stereocenters. The van der Waals surface area contributed by atoms with Crippen molar-refractivity contribution in [1.29, 1.82) is 0 Å². The Bertz CT molecular complexity index is 772. The molecule has 7 heteroatoms. The lowest BCUT2D eigenvalue weighted by Gasteiger charge is -2.12. The van der Waals surface area contributed by atoms with Crippen molar-refractivity contribution in [2.24, 2.45) is 0 Å². The quantitative estimate of drug-likeness (QED) is 0.930. The van der Waals surface area contributed by atoms with Gasteiger partial charge in [0.05, 0.1) is 17.8 Å². The number of nitrogens with one attached hydrogen (secondary N) is 1. The van der Waals surface area contributed by atoms with Crippen LogP contribution in [-0.4, -0.2) is 17.6 Å². The SMILES string of the molecule is COc1ccc(C)cc1NC(=O)Cn1cc(Cl)cc(Cl)c1=O. The molecule has 0 saturated carbocycles. The summed E-state index contributed by atoms with van der Waals surface area (Å²) in [6, 6.07) is 6.75. The zero-order valence-electron chi connectivity index (χ0n) is 12.0. The van der Waals surface area contributed by atoms with E-state index in [-0.39, 0.29) is 22.5 Å². The van der Waals surface area contributed by atoms with Crippen LogP contribution in [-0.2, 0) is 11.3 Å². The van der Waals surface area contributed by atoms with Gasteiger partial charge in [0.2, 0.25) is 5.91 Å². The number of aromatic nitrogens is 1.